The minimum absolute atomic E-state index is 0.228. The molecule has 82 valence electrons. The van der Waals surface area contributed by atoms with Crippen LogP contribution in [0.3, 0.4) is 0 Å². The highest BCUT2D eigenvalue weighted by molar-refractivity contribution is 7.99. The fraction of sp³-hybridized carbons (Fsp3) is 0. The summed E-state index contributed by atoms with van der Waals surface area (Å²) in [4.78, 5) is 4.80. The number of rotatable bonds is 2. The molecule has 2 aromatic rings. The van der Waals surface area contributed by atoms with E-state index in [1.54, 1.807) is 12.1 Å². The number of nitrogens with two attached hydrogens (primary N) is 1. The van der Waals surface area contributed by atoms with Crippen molar-refractivity contribution in [2.24, 2.45) is 0 Å². The zero-order valence-corrected chi connectivity index (χ0v) is 8.97. The van der Waals surface area contributed by atoms with Gasteiger partial charge in [0.05, 0.1) is 4.90 Å². The number of benzene rings is 1. The van der Waals surface area contributed by atoms with Gasteiger partial charge in [0.15, 0.2) is 0 Å². The third-order valence-electron chi connectivity index (χ3n) is 1.88. The molecule has 0 spiro atoms. The lowest BCUT2D eigenvalue weighted by Crippen LogP contribution is -1.88. The van der Waals surface area contributed by atoms with Gasteiger partial charge >= 0.3 is 0 Å². The molecule has 1 aromatic carbocycles. The van der Waals surface area contributed by atoms with Crippen molar-refractivity contribution < 1.29 is 8.78 Å². The van der Waals surface area contributed by atoms with Crippen LogP contribution in [0.25, 0.3) is 0 Å². The quantitative estimate of drug-likeness (QED) is 0.873. The van der Waals surface area contributed by atoms with Crippen LogP contribution in [0.4, 0.5) is 14.6 Å². The molecule has 2 rings (SSSR count). The zero-order chi connectivity index (χ0) is 11.5. The van der Waals surface area contributed by atoms with E-state index in [-0.39, 0.29) is 4.90 Å². The van der Waals surface area contributed by atoms with E-state index in [0.29, 0.717) is 10.7 Å². The van der Waals surface area contributed by atoms with Crippen LogP contribution in [0, 0.1) is 11.6 Å². The average molecular weight is 238 g/mol. The van der Waals surface area contributed by atoms with Gasteiger partial charge in [-0.25, -0.2) is 13.8 Å². The van der Waals surface area contributed by atoms with E-state index in [2.05, 4.69) is 4.98 Å². The number of hydrogen-bond acceptors (Lipinski definition) is 3. The van der Waals surface area contributed by atoms with E-state index in [0.717, 1.165) is 30.0 Å². The molecule has 16 heavy (non-hydrogen) atoms. The Kier molecular flexibility index (Phi) is 3.05. The van der Waals surface area contributed by atoms with E-state index >= 15 is 0 Å². The van der Waals surface area contributed by atoms with Crippen molar-refractivity contribution in [1.82, 2.24) is 4.98 Å². The van der Waals surface area contributed by atoms with Crippen LogP contribution in [0.5, 0.6) is 0 Å². The summed E-state index contributed by atoms with van der Waals surface area (Å²) >= 11 is 1.10. The number of pyridine rings is 1. The summed E-state index contributed by atoms with van der Waals surface area (Å²) in [6.45, 7) is 0. The highest BCUT2D eigenvalue weighted by Crippen LogP contribution is 2.29. The molecule has 0 radical (unpaired) electrons. The molecule has 5 heteroatoms. The third kappa shape index (κ3) is 2.49. The summed E-state index contributed by atoms with van der Waals surface area (Å²) < 4.78 is 26.2. The van der Waals surface area contributed by atoms with Gasteiger partial charge < -0.3 is 5.73 Å². The van der Waals surface area contributed by atoms with Gasteiger partial charge in [0.2, 0.25) is 0 Å². The minimum Gasteiger partial charge on any atom is -0.384 e. The Balaban J connectivity index is 2.26. The van der Waals surface area contributed by atoms with Gasteiger partial charge in [-0.3, -0.25) is 0 Å². The highest BCUT2D eigenvalue weighted by Gasteiger charge is 2.05. The third-order valence-corrected chi connectivity index (χ3v) is 2.89. The largest absolute Gasteiger partial charge is 0.384 e. The molecule has 0 saturated carbocycles. The lowest BCUT2D eigenvalue weighted by molar-refractivity contribution is 0.577. The van der Waals surface area contributed by atoms with Gasteiger partial charge in [0, 0.05) is 11.1 Å². The molecule has 0 unspecified atom stereocenters. The second-order valence-electron chi connectivity index (χ2n) is 3.10. The molecule has 0 aliphatic carbocycles. The molecule has 1 aromatic heterocycles. The van der Waals surface area contributed by atoms with Crippen LogP contribution in [-0.4, -0.2) is 4.98 Å². The summed E-state index contributed by atoms with van der Waals surface area (Å²) in [7, 11) is 0. The minimum atomic E-state index is -0.465. The number of nitrogen functional groups attached to an aromatic ring is 1. The Morgan fingerprint density at radius 1 is 1.12 bits per heavy atom. The van der Waals surface area contributed by atoms with Crippen molar-refractivity contribution in [2.75, 3.05) is 5.73 Å². The maximum absolute atomic E-state index is 13.3. The number of halogens is 2. The fourth-order valence-corrected chi connectivity index (χ4v) is 1.97. The first-order chi connectivity index (χ1) is 7.65. The van der Waals surface area contributed by atoms with Gasteiger partial charge in [-0.1, -0.05) is 11.8 Å². The van der Waals surface area contributed by atoms with E-state index < -0.39 is 11.6 Å². The van der Waals surface area contributed by atoms with Crippen LogP contribution >= 0.6 is 11.8 Å². The molecule has 1 heterocycles. The first-order valence-corrected chi connectivity index (χ1v) is 5.31. The Bertz CT molecular complexity index is 500. The molecule has 0 amide bonds. The van der Waals surface area contributed by atoms with Gasteiger partial charge in [0.1, 0.15) is 17.5 Å². The van der Waals surface area contributed by atoms with Gasteiger partial charge in [-0.15, -0.1) is 0 Å². The first kappa shape index (κ1) is 10.9. The number of anilines is 1. The van der Waals surface area contributed by atoms with E-state index in [1.807, 2.05) is 0 Å². The molecular formula is C11H8F2N2S. The van der Waals surface area contributed by atoms with Crippen molar-refractivity contribution >= 4 is 17.6 Å². The van der Waals surface area contributed by atoms with Crippen LogP contribution in [-0.2, 0) is 0 Å². The average Bonchev–Trinajstić information content (AvgIpc) is 2.27. The lowest BCUT2D eigenvalue weighted by Gasteiger charge is -2.03. The Labute approximate surface area is 95.5 Å². The summed E-state index contributed by atoms with van der Waals surface area (Å²) in [5, 5.41) is 0. The molecule has 2 N–H and O–H groups in total. The van der Waals surface area contributed by atoms with Crippen LogP contribution < -0.4 is 5.73 Å². The smallest absolute Gasteiger partial charge is 0.137 e. The summed E-state index contributed by atoms with van der Waals surface area (Å²) in [5.74, 6) is -0.528. The monoisotopic (exact) mass is 238 g/mol. The van der Waals surface area contributed by atoms with Crippen molar-refractivity contribution in [3.8, 4) is 0 Å². The SMILES string of the molecule is Nc1ccc(Sc2cc(F)ccc2F)cn1. The topological polar surface area (TPSA) is 38.9 Å². The summed E-state index contributed by atoms with van der Waals surface area (Å²) in [6, 6.07) is 6.65. The zero-order valence-electron chi connectivity index (χ0n) is 8.15. The first-order valence-electron chi connectivity index (χ1n) is 4.49. The number of aromatic nitrogens is 1. The molecule has 0 aliphatic heterocycles. The van der Waals surface area contributed by atoms with Crippen LogP contribution in [0.1, 0.15) is 0 Å². The maximum atomic E-state index is 13.3. The summed E-state index contributed by atoms with van der Waals surface area (Å²) in [6.07, 6.45) is 1.52. The number of hydrogen-bond donors (Lipinski definition) is 1. The molecular weight excluding hydrogens is 230 g/mol. The van der Waals surface area contributed by atoms with Gasteiger partial charge in [-0.2, -0.15) is 0 Å². The normalized spacial score (nSPS) is 10.4. The van der Waals surface area contributed by atoms with Crippen molar-refractivity contribution in [3.05, 3.63) is 48.2 Å². The number of nitrogens with zero attached hydrogens (tertiary/aromatic N) is 1. The molecule has 0 atom stereocenters. The molecule has 0 fully saturated rings. The second-order valence-corrected chi connectivity index (χ2v) is 4.21. The highest BCUT2D eigenvalue weighted by atomic mass is 32.2. The van der Waals surface area contributed by atoms with Crippen LogP contribution in [0.15, 0.2) is 46.3 Å². The Morgan fingerprint density at radius 2 is 1.94 bits per heavy atom. The van der Waals surface area contributed by atoms with E-state index in [1.165, 1.54) is 6.20 Å². The maximum Gasteiger partial charge on any atom is 0.137 e. The van der Waals surface area contributed by atoms with Crippen LogP contribution in [0.2, 0.25) is 0 Å². The van der Waals surface area contributed by atoms with Crippen molar-refractivity contribution in [2.45, 2.75) is 9.79 Å². The van der Waals surface area contributed by atoms with Crippen molar-refractivity contribution in [1.29, 1.82) is 0 Å². The van der Waals surface area contributed by atoms with E-state index in [4.69, 9.17) is 5.73 Å². The van der Waals surface area contributed by atoms with E-state index in [9.17, 15) is 8.78 Å². The standard InChI is InChI=1S/C11H8F2N2S/c12-7-1-3-9(13)10(5-7)16-8-2-4-11(14)15-6-8/h1-6H,(H2,14,15). The lowest BCUT2D eigenvalue weighted by atomic mass is 10.3. The molecule has 0 bridgehead atoms. The Morgan fingerprint density at radius 3 is 2.62 bits per heavy atom. The predicted octanol–water partition coefficient (Wildman–Crippen LogP) is 3.09. The van der Waals surface area contributed by atoms with Gasteiger partial charge in [-0.05, 0) is 30.3 Å². The van der Waals surface area contributed by atoms with Crippen molar-refractivity contribution in [3.63, 3.8) is 0 Å². The fourth-order valence-electron chi connectivity index (χ4n) is 1.13. The molecule has 0 aliphatic rings. The predicted molar refractivity (Wildman–Crippen MR) is 59.1 cm³/mol. The second kappa shape index (κ2) is 4.49. The molecule has 0 saturated heterocycles. The van der Waals surface area contributed by atoms with Gasteiger partial charge in [0.25, 0.3) is 0 Å². The summed E-state index contributed by atoms with van der Waals surface area (Å²) in [5.41, 5.74) is 5.42. The molecule has 2 nitrogen and oxygen atoms in total. The Hall–Kier alpha value is -1.62.